The molecular weight excluding hydrogens is 438 g/mol. The zero-order chi connectivity index (χ0) is 23.1. The van der Waals surface area contributed by atoms with Gasteiger partial charge in [-0.3, -0.25) is 9.59 Å². The molecule has 3 N–H and O–H groups in total. The summed E-state index contributed by atoms with van der Waals surface area (Å²) in [4.78, 5) is 31.1. The number of carbonyl (C=O) groups excluding carboxylic acids is 2. The number of hydrogen-bond donors (Lipinski definition) is 2. The highest BCUT2D eigenvalue weighted by Crippen LogP contribution is 2.37. The molecule has 1 aliphatic rings. The maximum absolute atomic E-state index is 13.4. The Hall–Kier alpha value is -3.91. The van der Waals surface area contributed by atoms with Gasteiger partial charge in [-0.25, -0.2) is 4.98 Å². The molecule has 2 aromatic carbocycles. The van der Waals surface area contributed by atoms with Crippen molar-refractivity contribution in [2.75, 3.05) is 12.1 Å². The van der Waals surface area contributed by atoms with Crippen LogP contribution in [0.5, 0.6) is 11.5 Å². The maximum Gasteiger partial charge on any atom is 0.257 e. The molecule has 0 spiro atoms. The van der Waals surface area contributed by atoms with E-state index in [1.807, 2.05) is 56.3 Å². The second-order valence-corrected chi connectivity index (χ2v) is 9.09. The van der Waals surface area contributed by atoms with Crippen molar-refractivity contribution >= 4 is 39.1 Å². The first-order valence-electron chi connectivity index (χ1n) is 10.5. The van der Waals surface area contributed by atoms with Gasteiger partial charge in [0.15, 0.2) is 11.5 Å². The number of pyridine rings is 1. The first-order chi connectivity index (χ1) is 15.9. The number of rotatable bonds is 5. The van der Waals surface area contributed by atoms with Gasteiger partial charge in [0.2, 0.25) is 6.79 Å². The number of carbonyl (C=O) groups is 2. The summed E-state index contributed by atoms with van der Waals surface area (Å²) in [5.41, 5.74) is 8.43. The lowest BCUT2D eigenvalue weighted by atomic mass is 10.0. The molecule has 0 bridgehead atoms. The summed E-state index contributed by atoms with van der Waals surface area (Å²) in [6.07, 6.45) is 0. The van der Waals surface area contributed by atoms with Gasteiger partial charge in [0.05, 0.1) is 22.3 Å². The van der Waals surface area contributed by atoms with Crippen molar-refractivity contribution in [1.82, 2.24) is 4.98 Å². The molecule has 7 nitrogen and oxygen atoms in total. The van der Waals surface area contributed by atoms with Gasteiger partial charge in [-0.1, -0.05) is 32.0 Å². The van der Waals surface area contributed by atoms with Gasteiger partial charge in [-0.15, -0.1) is 11.3 Å². The smallest absolute Gasteiger partial charge is 0.257 e. The lowest BCUT2D eigenvalue weighted by Crippen LogP contribution is -2.17. The summed E-state index contributed by atoms with van der Waals surface area (Å²) in [5, 5.41) is 4.06. The van der Waals surface area contributed by atoms with Crippen molar-refractivity contribution in [2.24, 2.45) is 5.73 Å². The van der Waals surface area contributed by atoms with Crippen molar-refractivity contribution in [1.29, 1.82) is 0 Å². The van der Waals surface area contributed by atoms with Gasteiger partial charge in [0, 0.05) is 15.8 Å². The molecule has 0 aliphatic carbocycles. The quantitative estimate of drug-likeness (QED) is 0.429. The van der Waals surface area contributed by atoms with E-state index >= 15 is 0 Å². The van der Waals surface area contributed by atoms with E-state index in [4.69, 9.17) is 20.2 Å². The highest BCUT2D eigenvalue weighted by Gasteiger charge is 2.21. The molecular formula is C25H21N3O4S. The number of primary amides is 1. The second kappa shape index (κ2) is 8.22. The zero-order valence-corrected chi connectivity index (χ0v) is 18.9. The van der Waals surface area contributed by atoms with Gasteiger partial charge < -0.3 is 20.5 Å². The number of anilines is 1. The van der Waals surface area contributed by atoms with E-state index in [0.717, 1.165) is 10.4 Å². The van der Waals surface area contributed by atoms with E-state index in [-0.39, 0.29) is 18.6 Å². The van der Waals surface area contributed by atoms with E-state index in [9.17, 15) is 9.59 Å². The van der Waals surface area contributed by atoms with Crippen LogP contribution in [-0.4, -0.2) is 23.6 Å². The molecule has 2 amide bonds. The third-order valence-electron chi connectivity index (χ3n) is 5.44. The first kappa shape index (κ1) is 21.0. The monoisotopic (exact) mass is 459 g/mol. The molecule has 2 aromatic heterocycles. The van der Waals surface area contributed by atoms with E-state index in [2.05, 4.69) is 5.32 Å². The predicted octanol–water partition coefficient (Wildman–Crippen LogP) is 5.17. The Morgan fingerprint density at radius 2 is 1.82 bits per heavy atom. The van der Waals surface area contributed by atoms with E-state index < -0.39 is 5.91 Å². The van der Waals surface area contributed by atoms with Crippen molar-refractivity contribution in [3.8, 4) is 22.8 Å². The molecule has 5 rings (SSSR count). The number of hydrogen-bond acceptors (Lipinski definition) is 6. The van der Waals surface area contributed by atoms with Crippen LogP contribution in [0.1, 0.15) is 45.4 Å². The van der Waals surface area contributed by atoms with Crippen LogP contribution in [0.2, 0.25) is 0 Å². The topological polar surface area (TPSA) is 104 Å². The molecule has 0 atom stereocenters. The third kappa shape index (κ3) is 3.89. The van der Waals surface area contributed by atoms with Crippen LogP contribution in [0.4, 0.5) is 5.00 Å². The van der Waals surface area contributed by atoms with Crippen LogP contribution >= 0.6 is 11.3 Å². The second-order valence-electron chi connectivity index (χ2n) is 8.00. The number of nitrogens with zero attached hydrogens (tertiary/aromatic N) is 1. The Bertz CT molecular complexity index is 1410. The largest absolute Gasteiger partial charge is 0.454 e. The molecule has 0 fully saturated rings. The summed E-state index contributed by atoms with van der Waals surface area (Å²) in [6.45, 7) is 4.23. The molecule has 0 radical (unpaired) electrons. The van der Waals surface area contributed by atoms with Gasteiger partial charge in [-0.05, 0) is 42.3 Å². The van der Waals surface area contributed by atoms with E-state index in [0.29, 0.717) is 44.2 Å². The van der Waals surface area contributed by atoms with Crippen LogP contribution in [0.25, 0.3) is 22.2 Å². The average molecular weight is 460 g/mol. The molecule has 0 saturated carbocycles. The van der Waals surface area contributed by atoms with Crippen molar-refractivity contribution in [2.45, 2.75) is 19.8 Å². The SMILES string of the molecule is CC(C)c1cc(C(N)=O)c(NC(=O)c2cc(-c3ccc4c(c3)OCO4)nc3ccccc23)s1. The molecule has 33 heavy (non-hydrogen) atoms. The fourth-order valence-electron chi connectivity index (χ4n) is 3.71. The fourth-order valence-corrected chi connectivity index (χ4v) is 4.77. The Balaban J connectivity index is 1.58. The first-order valence-corrected chi connectivity index (χ1v) is 11.3. The van der Waals surface area contributed by atoms with Crippen molar-refractivity contribution in [3.05, 3.63) is 70.6 Å². The number of amides is 2. The van der Waals surface area contributed by atoms with Crippen LogP contribution in [0.3, 0.4) is 0 Å². The summed E-state index contributed by atoms with van der Waals surface area (Å²) < 4.78 is 10.9. The minimum atomic E-state index is -0.575. The number of nitrogens with two attached hydrogens (primary N) is 1. The summed E-state index contributed by atoms with van der Waals surface area (Å²) >= 11 is 1.36. The Morgan fingerprint density at radius 3 is 2.61 bits per heavy atom. The van der Waals surface area contributed by atoms with Gasteiger partial charge in [0.25, 0.3) is 11.8 Å². The number of thiophene rings is 1. The molecule has 0 saturated heterocycles. The number of fused-ring (bicyclic) bond motifs is 2. The normalized spacial score (nSPS) is 12.3. The zero-order valence-electron chi connectivity index (χ0n) is 18.0. The molecule has 8 heteroatoms. The standard InChI is InChI=1S/C25H21N3O4S/c1-13(2)22-11-17(23(26)29)25(33-22)28-24(30)16-10-19(27-18-6-4-3-5-15(16)18)14-7-8-20-21(9-14)32-12-31-20/h3-11,13H,12H2,1-2H3,(H2,26,29)(H,28,30). The number of benzene rings is 2. The average Bonchev–Trinajstić information content (AvgIpc) is 3.45. The summed E-state index contributed by atoms with van der Waals surface area (Å²) in [6, 6.07) is 16.5. The van der Waals surface area contributed by atoms with Gasteiger partial charge >= 0.3 is 0 Å². The summed E-state index contributed by atoms with van der Waals surface area (Å²) in [5.74, 6) is 0.608. The molecule has 1 aliphatic heterocycles. The molecule has 166 valence electrons. The Labute approximate surface area is 194 Å². The van der Waals surface area contributed by atoms with Crippen LogP contribution in [-0.2, 0) is 0 Å². The van der Waals surface area contributed by atoms with Gasteiger partial charge in [-0.2, -0.15) is 0 Å². The Kier molecular flexibility index (Phi) is 5.22. The molecule has 0 unspecified atom stereocenters. The number of para-hydroxylation sites is 1. The minimum absolute atomic E-state index is 0.180. The lowest BCUT2D eigenvalue weighted by Gasteiger charge is -2.11. The third-order valence-corrected chi connectivity index (χ3v) is 6.79. The number of nitrogens with one attached hydrogen (secondary N) is 1. The molecule has 3 heterocycles. The Morgan fingerprint density at radius 1 is 1.03 bits per heavy atom. The van der Waals surface area contributed by atoms with E-state index in [1.54, 1.807) is 12.1 Å². The summed E-state index contributed by atoms with van der Waals surface area (Å²) in [7, 11) is 0. The van der Waals surface area contributed by atoms with Crippen molar-refractivity contribution < 1.29 is 19.1 Å². The van der Waals surface area contributed by atoms with Crippen LogP contribution < -0.4 is 20.5 Å². The highest BCUT2D eigenvalue weighted by atomic mass is 32.1. The number of aromatic nitrogens is 1. The lowest BCUT2D eigenvalue weighted by molar-refractivity contribution is 0.100. The highest BCUT2D eigenvalue weighted by molar-refractivity contribution is 7.16. The van der Waals surface area contributed by atoms with Crippen LogP contribution in [0.15, 0.2) is 54.6 Å². The number of ether oxygens (including phenoxy) is 2. The molecule has 4 aromatic rings. The van der Waals surface area contributed by atoms with E-state index in [1.165, 1.54) is 11.3 Å². The van der Waals surface area contributed by atoms with Gasteiger partial charge in [0.1, 0.15) is 5.00 Å². The van der Waals surface area contributed by atoms with Crippen molar-refractivity contribution in [3.63, 3.8) is 0 Å². The predicted molar refractivity (Wildman–Crippen MR) is 128 cm³/mol. The minimum Gasteiger partial charge on any atom is -0.454 e. The maximum atomic E-state index is 13.4. The van der Waals surface area contributed by atoms with Crippen LogP contribution in [0, 0.1) is 0 Å². The fraction of sp³-hybridized carbons (Fsp3) is 0.160.